The molecule has 0 aliphatic heterocycles. The van der Waals surface area contributed by atoms with Crippen molar-refractivity contribution in [2.45, 2.75) is 26.2 Å². The Hall–Kier alpha value is -1.07. The van der Waals surface area contributed by atoms with E-state index in [-0.39, 0.29) is 0 Å². The second kappa shape index (κ2) is 3.59. The monoisotopic (exact) mass is 206 g/mol. The van der Waals surface area contributed by atoms with Crippen molar-refractivity contribution < 1.29 is 0 Å². The smallest absolute Gasteiger partial charge is 0.147 e. The van der Waals surface area contributed by atoms with Gasteiger partial charge in [-0.1, -0.05) is 18.5 Å². The van der Waals surface area contributed by atoms with Gasteiger partial charge >= 0.3 is 0 Å². The number of fused-ring (bicyclic) bond motifs is 1. The van der Waals surface area contributed by atoms with Gasteiger partial charge in [-0.25, -0.2) is 4.98 Å². The minimum atomic E-state index is 0.348. The van der Waals surface area contributed by atoms with Crippen LogP contribution < -0.4 is 0 Å². The van der Waals surface area contributed by atoms with E-state index in [9.17, 15) is 0 Å². The summed E-state index contributed by atoms with van der Waals surface area (Å²) < 4.78 is 0. The number of pyridine rings is 1. The highest BCUT2D eigenvalue weighted by molar-refractivity contribution is 6.30. The molecule has 1 aromatic rings. The van der Waals surface area contributed by atoms with Gasteiger partial charge in [-0.05, 0) is 36.3 Å². The molecule has 1 aliphatic rings. The molecule has 0 saturated heterocycles. The van der Waals surface area contributed by atoms with Crippen LogP contribution in [0.2, 0.25) is 5.15 Å². The highest BCUT2D eigenvalue weighted by Gasteiger charge is 2.20. The number of hydrogen-bond donors (Lipinski definition) is 0. The summed E-state index contributed by atoms with van der Waals surface area (Å²) in [5.74, 6) is 0.646. The topological polar surface area (TPSA) is 36.7 Å². The average Bonchev–Trinajstić information content (AvgIpc) is 2.17. The number of nitriles is 1. The fraction of sp³-hybridized carbons (Fsp3) is 0.455. The minimum absolute atomic E-state index is 0.348. The van der Waals surface area contributed by atoms with Crippen molar-refractivity contribution in [3.05, 3.63) is 28.0 Å². The molecule has 0 saturated carbocycles. The maximum atomic E-state index is 8.99. The van der Waals surface area contributed by atoms with E-state index in [1.807, 2.05) is 6.20 Å². The Morgan fingerprint density at radius 3 is 3.14 bits per heavy atom. The first-order valence-electron chi connectivity index (χ1n) is 4.78. The third-order valence-electron chi connectivity index (χ3n) is 2.80. The first-order valence-corrected chi connectivity index (χ1v) is 5.16. The summed E-state index contributed by atoms with van der Waals surface area (Å²) in [5.41, 5.74) is 2.89. The van der Waals surface area contributed by atoms with E-state index in [0.29, 0.717) is 16.6 Å². The van der Waals surface area contributed by atoms with Gasteiger partial charge in [0.2, 0.25) is 0 Å². The average molecular weight is 207 g/mol. The van der Waals surface area contributed by atoms with Gasteiger partial charge in [0.05, 0.1) is 5.56 Å². The van der Waals surface area contributed by atoms with Crippen molar-refractivity contribution in [1.29, 1.82) is 5.26 Å². The Bertz CT molecular complexity index is 406. The van der Waals surface area contributed by atoms with Crippen LogP contribution in [0.15, 0.2) is 6.20 Å². The Labute approximate surface area is 88.5 Å². The maximum Gasteiger partial charge on any atom is 0.147 e. The van der Waals surface area contributed by atoms with E-state index in [1.165, 1.54) is 12.0 Å². The van der Waals surface area contributed by atoms with Crippen molar-refractivity contribution in [2.75, 3.05) is 0 Å². The summed E-state index contributed by atoms with van der Waals surface area (Å²) in [6, 6.07) is 2.15. The summed E-state index contributed by atoms with van der Waals surface area (Å²) in [7, 11) is 0. The van der Waals surface area contributed by atoms with Gasteiger partial charge in [0.1, 0.15) is 11.2 Å². The minimum Gasteiger partial charge on any atom is -0.243 e. The number of rotatable bonds is 0. The zero-order chi connectivity index (χ0) is 10.1. The van der Waals surface area contributed by atoms with Crippen LogP contribution in [0.4, 0.5) is 0 Å². The standard InChI is InChI=1S/C11H11ClN2/c1-7-2-3-8-6-14-11(12)10(5-13)9(8)4-7/h6-7H,2-4H2,1H3/t7-/m1/s1. The molecule has 0 bridgehead atoms. The van der Waals surface area contributed by atoms with Gasteiger partial charge in [-0.15, -0.1) is 0 Å². The molecular weight excluding hydrogens is 196 g/mol. The van der Waals surface area contributed by atoms with Gasteiger partial charge in [0.15, 0.2) is 0 Å². The molecule has 1 atom stereocenters. The Balaban J connectivity index is 2.56. The number of aromatic nitrogens is 1. The lowest BCUT2D eigenvalue weighted by Crippen LogP contribution is -2.13. The zero-order valence-electron chi connectivity index (χ0n) is 8.05. The first-order chi connectivity index (χ1) is 6.72. The normalized spacial score (nSPS) is 19.9. The van der Waals surface area contributed by atoms with Crippen LogP contribution >= 0.6 is 11.6 Å². The molecule has 0 aromatic carbocycles. The lowest BCUT2D eigenvalue weighted by atomic mass is 9.84. The highest BCUT2D eigenvalue weighted by Crippen LogP contribution is 2.29. The van der Waals surface area contributed by atoms with Crippen LogP contribution in [0.5, 0.6) is 0 Å². The summed E-state index contributed by atoms with van der Waals surface area (Å²) in [5, 5.41) is 9.33. The summed E-state index contributed by atoms with van der Waals surface area (Å²) in [6.07, 6.45) is 4.97. The summed E-state index contributed by atoms with van der Waals surface area (Å²) >= 11 is 5.88. The van der Waals surface area contributed by atoms with E-state index >= 15 is 0 Å². The Morgan fingerprint density at radius 2 is 2.43 bits per heavy atom. The maximum absolute atomic E-state index is 8.99. The summed E-state index contributed by atoms with van der Waals surface area (Å²) in [4.78, 5) is 4.03. The van der Waals surface area contributed by atoms with Crippen LogP contribution in [0.1, 0.15) is 30.0 Å². The number of nitrogens with zero attached hydrogens (tertiary/aromatic N) is 2. The lowest BCUT2D eigenvalue weighted by Gasteiger charge is -2.22. The molecule has 3 heteroatoms. The van der Waals surface area contributed by atoms with Gasteiger partial charge in [0.25, 0.3) is 0 Å². The molecule has 0 N–H and O–H groups in total. The van der Waals surface area contributed by atoms with Crippen LogP contribution in [0.3, 0.4) is 0 Å². The quantitative estimate of drug-likeness (QED) is 0.612. The molecule has 0 amide bonds. The van der Waals surface area contributed by atoms with E-state index < -0.39 is 0 Å². The lowest BCUT2D eigenvalue weighted by molar-refractivity contribution is 0.499. The molecular formula is C11H11ClN2. The molecule has 0 fully saturated rings. The van der Waals surface area contributed by atoms with E-state index in [2.05, 4.69) is 18.0 Å². The third kappa shape index (κ3) is 1.49. The molecule has 0 radical (unpaired) electrons. The van der Waals surface area contributed by atoms with Gasteiger partial charge in [0, 0.05) is 6.20 Å². The van der Waals surface area contributed by atoms with Crippen molar-refractivity contribution in [3.8, 4) is 6.07 Å². The van der Waals surface area contributed by atoms with Gasteiger partial charge < -0.3 is 0 Å². The van der Waals surface area contributed by atoms with Crippen molar-refractivity contribution >= 4 is 11.6 Å². The molecule has 2 rings (SSSR count). The molecule has 0 unspecified atom stereocenters. The SMILES string of the molecule is C[C@@H]1CCc2cnc(Cl)c(C#N)c2C1. The van der Waals surface area contributed by atoms with Crippen LogP contribution in [-0.2, 0) is 12.8 Å². The predicted molar refractivity (Wildman–Crippen MR) is 55.2 cm³/mol. The Morgan fingerprint density at radius 1 is 1.64 bits per heavy atom. The van der Waals surface area contributed by atoms with Crippen molar-refractivity contribution in [1.82, 2.24) is 4.98 Å². The molecule has 1 aliphatic carbocycles. The fourth-order valence-electron chi connectivity index (χ4n) is 1.98. The third-order valence-corrected chi connectivity index (χ3v) is 3.09. The molecule has 14 heavy (non-hydrogen) atoms. The van der Waals surface area contributed by atoms with E-state index in [4.69, 9.17) is 16.9 Å². The molecule has 72 valence electrons. The molecule has 0 spiro atoms. The van der Waals surface area contributed by atoms with Crippen LogP contribution in [0.25, 0.3) is 0 Å². The van der Waals surface area contributed by atoms with E-state index in [0.717, 1.165) is 18.4 Å². The van der Waals surface area contributed by atoms with Crippen molar-refractivity contribution in [3.63, 3.8) is 0 Å². The van der Waals surface area contributed by atoms with Crippen LogP contribution in [0, 0.1) is 17.2 Å². The highest BCUT2D eigenvalue weighted by atomic mass is 35.5. The number of aryl methyl sites for hydroxylation is 1. The second-order valence-corrected chi connectivity index (χ2v) is 4.25. The zero-order valence-corrected chi connectivity index (χ0v) is 8.80. The molecule has 2 nitrogen and oxygen atoms in total. The molecule has 1 aromatic heterocycles. The summed E-state index contributed by atoms with van der Waals surface area (Å²) in [6.45, 7) is 2.21. The van der Waals surface area contributed by atoms with Crippen molar-refractivity contribution in [2.24, 2.45) is 5.92 Å². The first kappa shape index (κ1) is 9.48. The molecule has 1 heterocycles. The largest absolute Gasteiger partial charge is 0.243 e. The van der Waals surface area contributed by atoms with Crippen LogP contribution in [-0.4, -0.2) is 4.98 Å². The second-order valence-electron chi connectivity index (χ2n) is 3.89. The van der Waals surface area contributed by atoms with Gasteiger partial charge in [-0.2, -0.15) is 5.26 Å². The Kier molecular flexibility index (Phi) is 2.43. The van der Waals surface area contributed by atoms with Gasteiger partial charge in [-0.3, -0.25) is 0 Å². The fourth-order valence-corrected chi connectivity index (χ4v) is 2.18. The van der Waals surface area contributed by atoms with E-state index in [1.54, 1.807) is 0 Å². The predicted octanol–water partition coefficient (Wildman–Crippen LogP) is 2.73. The number of halogens is 1. The number of hydrogen-bond acceptors (Lipinski definition) is 2.